The number of hydrogen-bond acceptors (Lipinski definition) is 3. The van der Waals surface area contributed by atoms with E-state index in [2.05, 4.69) is 10.5 Å². The average Bonchev–Trinajstić information content (AvgIpc) is 2.41. The summed E-state index contributed by atoms with van der Waals surface area (Å²) in [6, 6.07) is 3.66. The summed E-state index contributed by atoms with van der Waals surface area (Å²) in [7, 11) is 0. The van der Waals surface area contributed by atoms with Gasteiger partial charge in [0, 0.05) is 17.5 Å². The minimum atomic E-state index is -1.03. The number of nitrogens with zero attached hydrogens (tertiary/aromatic N) is 1. The Balaban J connectivity index is 2.63. The Kier molecular flexibility index (Phi) is 5.01. The Labute approximate surface area is 115 Å². The maximum Gasteiger partial charge on any atom is 0.224 e. The Bertz CT molecular complexity index is 530. The van der Waals surface area contributed by atoms with Gasteiger partial charge in [-0.2, -0.15) is 0 Å². The Morgan fingerprint density at radius 3 is 2.70 bits per heavy atom. The minimum absolute atomic E-state index is 0.0240. The summed E-state index contributed by atoms with van der Waals surface area (Å²) in [5, 5.41) is 14.0. The molecule has 7 heteroatoms. The van der Waals surface area contributed by atoms with E-state index in [-0.39, 0.29) is 24.4 Å². The first-order valence-electron chi connectivity index (χ1n) is 5.95. The number of nitrogens with two attached hydrogens (primary N) is 1. The van der Waals surface area contributed by atoms with Crippen molar-refractivity contribution in [3.05, 3.63) is 35.4 Å². The van der Waals surface area contributed by atoms with Crippen molar-refractivity contribution in [1.82, 2.24) is 5.32 Å². The van der Waals surface area contributed by atoms with Crippen molar-refractivity contribution in [3.8, 4) is 0 Å². The number of nitrogens with one attached hydrogen (secondary N) is 1. The van der Waals surface area contributed by atoms with Gasteiger partial charge in [0.2, 0.25) is 5.91 Å². The molecule has 20 heavy (non-hydrogen) atoms. The van der Waals surface area contributed by atoms with E-state index >= 15 is 0 Å². The summed E-state index contributed by atoms with van der Waals surface area (Å²) in [5.74, 6) is -2.53. The topological polar surface area (TPSA) is 87.7 Å². The second kappa shape index (κ2) is 6.31. The smallest absolute Gasteiger partial charge is 0.224 e. The number of carbonyl (C=O) groups excluding carboxylic acids is 1. The third kappa shape index (κ3) is 3.91. The van der Waals surface area contributed by atoms with Crippen LogP contribution in [0.25, 0.3) is 0 Å². The van der Waals surface area contributed by atoms with Crippen molar-refractivity contribution in [2.24, 2.45) is 16.3 Å². The molecule has 0 heterocycles. The second-order valence-corrected chi connectivity index (χ2v) is 5.04. The first-order valence-corrected chi connectivity index (χ1v) is 5.95. The molecule has 0 aliphatic carbocycles. The van der Waals surface area contributed by atoms with Crippen molar-refractivity contribution in [2.75, 3.05) is 6.54 Å². The molecule has 110 valence electrons. The van der Waals surface area contributed by atoms with E-state index in [1.54, 1.807) is 13.8 Å². The molecule has 0 bridgehead atoms. The van der Waals surface area contributed by atoms with E-state index in [9.17, 15) is 13.6 Å². The molecular weight excluding hydrogens is 268 g/mol. The number of halogens is 2. The third-order valence-corrected chi connectivity index (χ3v) is 2.91. The lowest BCUT2D eigenvalue weighted by atomic mass is 9.92. The SMILES string of the molecule is CC(C)(CNC(=O)Cc1cccc(F)c1F)/C(N)=N/O. The molecular formula is C13H17F2N3O2. The molecule has 1 aromatic rings. The predicted molar refractivity (Wildman–Crippen MR) is 70.3 cm³/mol. The highest BCUT2D eigenvalue weighted by Gasteiger charge is 2.24. The van der Waals surface area contributed by atoms with Crippen LogP contribution in [0.1, 0.15) is 19.4 Å². The number of amidine groups is 1. The highest BCUT2D eigenvalue weighted by Crippen LogP contribution is 2.14. The maximum absolute atomic E-state index is 13.4. The quantitative estimate of drug-likeness (QED) is 0.331. The summed E-state index contributed by atoms with van der Waals surface area (Å²) >= 11 is 0. The summed E-state index contributed by atoms with van der Waals surface area (Å²) < 4.78 is 26.4. The lowest BCUT2D eigenvalue weighted by molar-refractivity contribution is -0.120. The molecule has 1 amide bonds. The Morgan fingerprint density at radius 1 is 1.45 bits per heavy atom. The lowest BCUT2D eigenvalue weighted by Crippen LogP contribution is -2.43. The number of hydrogen-bond donors (Lipinski definition) is 3. The van der Waals surface area contributed by atoms with Crippen molar-refractivity contribution in [3.63, 3.8) is 0 Å². The van der Waals surface area contributed by atoms with Gasteiger partial charge in [0.1, 0.15) is 5.84 Å². The molecule has 0 unspecified atom stereocenters. The molecule has 0 saturated heterocycles. The zero-order chi connectivity index (χ0) is 15.3. The Hall–Kier alpha value is -2.18. The second-order valence-electron chi connectivity index (χ2n) is 5.04. The average molecular weight is 285 g/mol. The van der Waals surface area contributed by atoms with Crippen LogP contribution in [0.4, 0.5) is 8.78 Å². The van der Waals surface area contributed by atoms with Gasteiger partial charge < -0.3 is 16.3 Å². The van der Waals surface area contributed by atoms with E-state index in [1.165, 1.54) is 12.1 Å². The number of carbonyl (C=O) groups is 1. The molecule has 0 spiro atoms. The van der Waals surface area contributed by atoms with Crippen LogP contribution in [0.2, 0.25) is 0 Å². The molecule has 5 nitrogen and oxygen atoms in total. The molecule has 0 aliphatic heterocycles. The largest absolute Gasteiger partial charge is 0.409 e. The van der Waals surface area contributed by atoms with Gasteiger partial charge in [-0.05, 0) is 6.07 Å². The van der Waals surface area contributed by atoms with E-state index in [0.717, 1.165) is 6.07 Å². The van der Waals surface area contributed by atoms with Gasteiger partial charge in [0.05, 0.1) is 6.42 Å². The summed E-state index contributed by atoms with van der Waals surface area (Å²) in [4.78, 5) is 11.7. The van der Waals surface area contributed by atoms with Crippen molar-refractivity contribution < 1.29 is 18.8 Å². The predicted octanol–water partition coefficient (Wildman–Crippen LogP) is 1.40. The summed E-state index contributed by atoms with van der Waals surface area (Å²) in [5.41, 5.74) is 4.70. The van der Waals surface area contributed by atoms with E-state index in [0.29, 0.717) is 0 Å². The molecule has 0 aromatic heterocycles. The fourth-order valence-electron chi connectivity index (χ4n) is 1.47. The lowest BCUT2D eigenvalue weighted by Gasteiger charge is -2.23. The van der Waals surface area contributed by atoms with Gasteiger partial charge in [-0.25, -0.2) is 8.78 Å². The molecule has 0 radical (unpaired) electrons. The summed E-state index contributed by atoms with van der Waals surface area (Å²) in [6.07, 6.45) is -0.282. The fraction of sp³-hybridized carbons (Fsp3) is 0.385. The first kappa shape index (κ1) is 15.9. The van der Waals surface area contributed by atoms with E-state index < -0.39 is 23.0 Å². The molecule has 1 rings (SSSR count). The van der Waals surface area contributed by atoms with Crippen LogP contribution in [-0.2, 0) is 11.2 Å². The van der Waals surface area contributed by atoms with E-state index in [4.69, 9.17) is 10.9 Å². The van der Waals surface area contributed by atoms with Gasteiger partial charge >= 0.3 is 0 Å². The number of amides is 1. The van der Waals surface area contributed by atoms with Crippen LogP contribution >= 0.6 is 0 Å². The summed E-state index contributed by atoms with van der Waals surface area (Å²) in [6.45, 7) is 3.45. The van der Waals surface area contributed by atoms with Crippen molar-refractivity contribution in [1.29, 1.82) is 0 Å². The molecule has 0 aliphatic rings. The zero-order valence-corrected chi connectivity index (χ0v) is 11.3. The number of benzene rings is 1. The van der Waals surface area contributed by atoms with Gasteiger partial charge in [0.15, 0.2) is 11.6 Å². The van der Waals surface area contributed by atoms with Gasteiger partial charge in [0.25, 0.3) is 0 Å². The molecule has 0 saturated carbocycles. The highest BCUT2D eigenvalue weighted by molar-refractivity contribution is 5.86. The third-order valence-electron chi connectivity index (χ3n) is 2.91. The fourth-order valence-corrected chi connectivity index (χ4v) is 1.47. The molecule has 4 N–H and O–H groups in total. The van der Waals surface area contributed by atoms with E-state index in [1.807, 2.05) is 0 Å². The molecule has 0 fully saturated rings. The number of oxime groups is 1. The normalized spacial score (nSPS) is 12.3. The van der Waals surface area contributed by atoms with Crippen LogP contribution in [-0.4, -0.2) is 23.5 Å². The van der Waals surface area contributed by atoms with Gasteiger partial charge in [-0.3, -0.25) is 4.79 Å². The standard InChI is InChI=1S/C13H17F2N3O2/c1-13(2,12(16)18-20)7-17-10(19)6-8-4-3-5-9(14)11(8)15/h3-5,20H,6-7H2,1-2H3,(H2,16,18)(H,17,19). The van der Waals surface area contributed by atoms with Crippen molar-refractivity contribution in [2.45, 2.75) is 20.3 Å². The monoisotopic (exact) mass is 285 g/mol. The molecule has 1 aromatic carbocycles. The van der Waals surface area contributed by atoms with Gasteiger partial charge in [-0.1, -0.05) is 31.1 Å². The van der Waals surface area contributed by atoms with Crippen LogP contribution in [0.3, 0.4) is 0 Å². The Morgan fingerprint density at radius 2 is 2.10 bits per heavy atom. The van der Waals surface area contributed by atoms with Gasteiger partial charge in [-0.15, -0.1) is 0 Å². The van der Waals surface area contributed by atoms with Crippen LogP contribution in [0.15, 0.2) is 23.4 Å². The zero-order valence-electron chi connectivity index (χ0n) is 11.3. The highest BCUT2D eigenvalue weighted by atomic mass is 19.2. The van der Waals surface area contributed by atoms with Crippen molar-refractivity contribution >= 4 is 11.7 Å². The number of rotatable bonds is 5. The molecule has 0 atom stereocenters. The van der Waals surface area contributed by atoms with Crippen LogP contribution in [0.5, 0.6) is 0 Å². The van der Waals surface area contributed by atoms with Crippen LogP contribution < -0.4 is 11.1 Å². The minimum Gasteiger partial charge on any atom is -0.409 e. The maximum atomic E-state index is 13.4. The van der Waals surface area contributed by atoms with Crippen LogP contribution in [0, 0.1) is 17.0 Å². The first-order chi connectivity index (χ1) is 9.27.